The first-order valence-corrected chi connectivity index (χ1v) is 9.95. The highest BCUT2D eigenvalue weighted by Gasteiger charge is 2.43. The molecule has 1 aliphatic heterocycles. The molecule has 2 rings (SSSR count). The van der Waals surface area contributed by atoms with E-state index in [1.165, 1.54) is 17.3 Å². The molecule has 0 aliphatic carbocycles. The normalized spacial score (nSPS) is 20.6. The van der Waals surface area contributed by atoms with Gasteiger partial charge in [0.05, 0.1) is 11.0 Å². The van der Waals surface area contributed by atoms with Crippen molar-refractivity contribution < 1.29 is 14.6 Å². The van der Waals surface area contributed by atoms with Crippen LogP contribution in [0.1, 0.15) is 19.4 Å². The number of nitriles is 1. The number of likely N-dealkylation sites (N-methyl/N-ethyl adjacent to an activating group) is 2. The third-order valence-corrected chi connectivity index (χ3v) is 5.88. The van der Waals surface area contributed by atoms with Crippen molar-refractivity contribution in [1.82, 2.24) is 4.90 Å². The number of rotatable bonds is 8. The smallest absolute Gasteiger partial charge is 0.261 e. The van der Waals surface area contributed by atoms with Crippen LogP contribution in [0.25, 0.3) is 0 Å². The molecule has 1 aromatic carbocycles. The number of thioether (sulfide) groups is 1. The summed E-state index contributed by atoms with van der Waals surface area (Å²) < 4.78 is 5.19. The second kappa shape index (κ2) is 9.79. The van der Waals surface area contributed by atoms with Crippen molar-refractivity contribution in [2.75, 3.05) is 31.6 Å². The minimum atomic E-state index is -1.21. The van der Waals surface area contributed by atoms with Crippen LogP contribution in [-0.4, -0.2) is 54.3 Å². The van der Waals surface area contributed by atoms with Gasteiger partial charge in [0, 0.05) is 32.4 Å². The van der Waals surface area contributed by atoms with E-state index < -0.39 is 17.6 Å². The molecule has 0 aromatic heterocycles. The van der Waals surface area contributed by atoms with Crippen LogP contribution in [0.15, 0.2) is 35.2 Å². The van der Waals surface area contributed by atoms with Crippen molar-refractivity contribution in [1.29, 1.82) is 5.26 Å². The van der Waals surface area contributed by atoms with Crippen molar-refractivity contribution in [2.24, 2.45) is 5.92 Å². The first-order valence-electron chi connectivity index (χ1n) is 9.07. The summed E-state index contributed by atoms with van der Waals surface area (Å²) >= 11 is 1.33. The topological polar surface area (TPSA) is 76.8 Å². The Morgan fingerprint density at radius 1 is 1.41 bits per heavy atom. The van der Waals surface area contributed by atoms with Gasteiger partial charge in [0.15, 0.2) is 6.29 Å². The molecule has 3 atom stereocenters. The Hall–Kier alpha value is -2.01. The monoisotopic (exact) mass is 389 g/mol. The summed E-state index contributed by atoms with van der Waals surface area (Å²) in [6.07, 6.45) is 0.672. The standard InChI is InChI=1S/C20H27N3O3S/c1-5-23-18(24)17(27-19(23)16(13-21)20(25)26-6-2)11-12-22(4)15-9-7-14(3)8-10-15/h7-11,16,19-20,25H,5-6,12H2,1-4H3/t16-,19?,20?/m0/s1. The van der Waals surface area contributed by atoms with Gasteiger partial charge in [-0.2, -0.15) is 5.26 Å². The quantitative estimate of drug-likeness (QED) is 0.544. The van der Waals surface area contributed by atoms with Crippen LogP contribution in [0.5, 0.6) is 0 Å². The first-order chi connectivity index (χ1) is 12.9. The summed E-state index contributed by atoms with van der Waals surface area (Å²) in [6.45, 7) is 7.02. The van der Waals surface area contributed by atoms with Gasteiger partial charge in [-0.3, -0.25) is 4.79 Å². The largest absolute Gasteiger partial charge is 0.371 e. The average Bonchev–Trinajstić information content (AvgIpc) is 2.96. The van der Waals surface area contributed by atoms with E-state index in [2.05, 4.69) is 23.1 Å². The second-order valence-electron chi connectivity index (χ2n) is 6.38. The Morgan fingerprint density at radius 3 is 2.63 bits per heavy atom. The summed E-state index contributed by atoms with van der Waals surface area (Å²) in [5.41, 5.74) is 2.27. The average molecular weight is 390 g/mol. The summed E-state index contributed by atoms with van der Waals surface area (Å²) in [6, 6.07) is 10.3. The molecule has 1 N–H and O–H groups in total. The fourth-order valence-electron chi connectivity index (χ4n) is 2.89. The number of amides is 1. The molecule has 1 aromatic rings. The van der Waals surface area contributed by atoms with E-state index in [-0.39, 0.29) is 5.91 Å². The molecule has 1 saturated heterocycles. The number of nitrogens with zero attached hydrogens (tertiary/aromatic N) is 3. The van der Waals surface area contributed by atoms with Gasteiger partial charge in [-0.05, 0) is 39.0 Å². The molecule has 27 heavy (non-hydrogen) atoms. The lowest BCUT2D eigenvalue weighted by atomic mass is 10.1. The summed E-state index contributed by atoms with van der Waals surface area (Å²) in [5, 5.41) is 19.2. The third-order valence-electron chi connectivity index (χ3n) is 4.49. The van der Waals surface area contributed by atoms with Crippen LogP contribution in [0.2, 0.25) is 0 Å². The van der Waals surface area contributed by atoms with Crippen LogP contribution >= 0.6 is 11.8 Å². The number of ether oxygens (including phenoxy) is 1. The van der Waals surface area contributed by atoms with Gasteiger partial charge in [-0.25, -0.2) is 0 Å². The fourth-order valence-corrected chi connectivity index (χ4v) is 4.26. The molecule has 1 amide bonds. The maximum atomic E-state index is 12.7. The van der Waals surface area contributed by atoms with Gasteiger partial charge in [-0.1, -0.05) is 29.5 Å². The molecule has 2 unspecified atom stereocenters. The maximum absolute atomic E-state index is 12.7. The van der Waals surface area contributed by atoms with E-state index in [1.807, 2.05) is 39.1 Å². The number of carbonyl (C=O) groups excluding carboxylic acids is 1. The zero-order chi connectivity index (χ0) is 20.0. The third kappa shape index (κ3) is 5.04. The van der Waals surface area contributed by atoms with Gasteiger partial charge in [-0.15, -0.1) is 0 Å². The Bertz CT molecular complexity index is 714. The van der Waals surface area contributed by atoms with Gasteiger partial charge < -0.3 is 19.6 Å². The molecule has 1 aliphatic rings. The number of benzene rings is 1. The summed E-state index contributed by atoms with van der Waals surface area (Å²) in [7, 11) is 1.97. The Balaban J connectivity index is 2.13. The predicted octanol–water partition coefficient (Wildman–Crippen LogP) is 2.73. The number of aliphatic hydroxyl groups is 1. The Kier molecular flexibility index (Phi) is 7.72. The van der Waals surface area contributed by atoms with Crippen LogP contribution in [0.4, 0.5) is 5.69 Å². The van der Waals surface area contributed by atoms with Crippen molar-refractivity contribution >= 4 is 23.4 Å². The molecular formula is C20H27N3O3S. The molecule has 0 bridgehead atoms. The van der Waals surface area contributed by atoms with Crippen LogP contribution in [0.3, 0.4) is 0 Å². The first kappa shape index (κ1) is 21.3. The number of aryl methyl sites for hydroxylation is 1. The highest BCUT2D eigenvalue weighted by Crippen LogP contribution is 2.39. The van der Waals surface area contributed by atoms with E-state index in [0.717, 1.165) is 5.69 Å². The fraction of sp³-hybridized carbons (Fsp3) is 0.500. The highest BCUT2D eigenvalue weighted by atomic mass is 32.2. The summed E-state index contributed by atoms with van der Waals surface area (Å²) in [4.78, 5) is 17.0. The Labute approximate surface area is 165 Å². The van der Waals surface area contributed by atoms with Gasteiger partial charge in [0.1, 0.15) is 11.3 Å². The van der Waals surface area contributed by atoms with Crippen molar-refractivity contribution in [3.8, 4) is 6.07 Å². The molecular weight excluding hydrogens is 362 g/mol. The minimum absolute atomic E-state index is 0.103. The molecule has 146 valence electrons. The SMILES string of the molecule is CCOC(O)[C@@H](C#N)C1SC(=CCN(C)c2ccc(C)cc2)C(=O)N1CC. The molecule has 0 saturated carbocycles. The van der Waals surface area contributed by atoms with Crippen molar-refractivity contribution in [3.63, 3.8) is 0 Å². The van der Waals surface area contributed by atoms with Crippen molar-refractivity contribution in [2.45, 2.75) is 32.4 Å². The van der Waals surface area contributed by atoms with E-state index in [1.54, 1.807) is 11.8 Å². The van der Waals surface area contributed by atoms with Gasteiger partial charge in [0.25, 0.3) is 5.91 Å². The number of anilines is 1. The number of hydrogen-bond donors (Lipinski definition) is 1. The van der Waals surface area contributed by atoms with Gasteiger partial charge in [0.2, 0.25) is 0 Å². The summed E-state index contributed by atoms with van der Waals surface area (Å²) in [5.74, 6) is -0.909. The lowest BCUT2D eigenvalue weighted by Gasteiger charge is -2.28. The van der Waals surface area contributed by atoms with E-state index in [0.29, 0.717) is 24.6 Å². The molecule has 7 heteroatoms. The van der Waals surface area contributed by atoms with Crippen LogP contribution < -0.4 is 4.90 Å². The van der Waals surface area contributed by atoms with Gasteiger partial charge >= 0.3 is 0 Å². The molecule has 0 radical (unpaired) electrons. The lowest BCUT2D eigenvalue weighted by molar-refractivity contribution is -0.136. The van der Waals surface area contributed by atoms with Crippen LogP contribution in [-0.2, 0) is 9.53 Å². The van der Waals surface area contributed by atoms with E-state index in [4.69, 9.17) is 4.74 Å². The zero-order valence-corrected chi connectivity index (χ0v) is 17.1. The van der Waals surface area contributed by atoms with Crippen molar-refractivity contribution in [3.05, 3.63) is 40.8 Å². The molecule has 1 fully saturated rings. The van der Waals surface area contributed by atoms with E-state index >= 15 is 0 Å². The molecule has 0 spiro atoms. The number of carbonyl (C=O) groups is 1. The number of aliphatic hydroxyl groups excluding tert-OH is 1. The molecule has 6 nitrogen and oxygen atoms in total. The number of hydrogen-bond acceptors (Lipinski definition) is 6. The van der Waals surface area contributed by atoms with Crippen LogP contribution in [0, 0.1) is 24.2 Å². The Morgan fingerprint density at radius 2 is 2.07 bits per heavy atom. The lowest BCUT2D eigenvalue weighted by Crippen LogP contribution is -2.41. The maximum Gasteiger partial charge on any atom is 0.261 e. The minimum Gasteiger partial charge on any atom is -0.371 e. The predicted molar refractivity (Wildman–Crippen MR) is 108 cm³/mol. The second-order valence-corrected chi connectivity index (χ2v) is 7.54. The zero-order valence-electron chi connectivity index (χ0n) is 16.3. The van der Waals surface area contributed by atoms with E-state index in [9.17, 15) is 15.2 Å². The highest BCUT2D eigenvalue weighted by molar-refractivity contribution is 8.05. The molecule has 1 heterocycles.